The summed E-state index contributed by atoms with van der Waals surface area (Å²) < 4.78 is 5.37. The van der Waals surface area contributed by atoms with Crippen molar-refractivity contribution in [1.82, 2.24) is 4.90 Å². The number of aliphatic hydroxyl groups is 2. The Labute approximate surface area is 119 Å². The van der Waals surface area contributed by atoms with Crippen molar-refractivity contribution in [3.8, 4) is 0 Å². The molecule has 4 nitrogen and oxygen atoms in total. The molecule has 0 saturated carbocycles. The maximum Gasteiger partial charge on any atom is 0.193 e. The standard InChI is InChI=1S/C14H22ClNO3/c1-2-6-14(10-17)9-16(7-5-12(14)18)8-11-3-4-13(15)19-11/h3-4,12,17-18H,2,5-10H2,1H3/t12-,14+/m1/s1. The van der Waals surface area contributed by atoms with E-state index in [2.05, 4.69) is 11.8 Å². The van der Waals surface area contributed by atoms with Crippen molar-refractivity contribution in [2.75, 3.05) is 19.7 Å². The maximum absolute atomic E-state index is 10.2. The number of piperidine rings is 1. The van der Waals surface area contributed by atoms with Crippen molar-refractivity contribution in [3.05, 3.63) is 23.1 Å². The average molecular weight is 288 g/mol. The van der Waals surface area contributed by atoms with Crippen LogP contribution in [0, 0.1) is 5.41 Å². The van der Waals surface area contributed by atoms with Gasteiger partial charge in [-0.3, -0.25) is 4.90 Å². The Morgan fingerprint density at radius 2 is 2.32 bits per heavy atom. The molecule has 1 aliphatic heterocycles. The van der Waals surface area contributed by atoms with E-state index in [0.717, 1.165) is 25.1 Å². The van der Waals surface area contributed by atoms with Gasteiger partial charge in [-0.15, -0.1) is 0 Å². The SMILES string of the molecule is CCC[C@@]1(CO)CN(Cc2ccc(Cl)o2)CC[C@H]1O. The molecule has 1 aromatic heterocycles. The van der Waals surface area contributed by atoms with E-state index in [9.17, 15) is 10.2 Å². The third kappa shape index (κ3) is 3.31. The lowest BCUT2D eigenvalue weighted by Crippen LogP contribution is -2.53. The van der Waals surface area contributed by atoms with Crippen molar-refractivity contribution in [2.24, 2.45) is 5.41 Å². The number of rotatable bonds is 5. The molecule has 19 heavy (non-hydrogen) atoms. The van der Waals surface area contributed by atoms with Gasteiger partial charge in [-0.2, -0.15) is 0 Å². The van der Waals surface area contributed by atoms with E-state index in [0.29, 0.717) is 24.7 Å². The topological polar surface area (TPSA) is 56.8 Å². The van der Waals surface area contributed by atoms with Crippen molar-refractivity contribution in [1.29, 1.82) is 0 Å². The Morgan fingerprint density at radius 3 is 2.89 bits per heavy atom. The molecule has 2 rings (SSSR count). The van der Waals surface area contributed by atoms with Crippen LogP contribution < -0.4 is 0 Å². The number of likely N-dealkylation sites (tertiary alicyclic amines) is 1. The van der Waals surface area contributed by atoms with Crippen molar-refractivity contribution >= 4 is 11.6 Å². The van der Waals surface area contributed by atoms with Gasteiger partial charge in [0.05, 0.1) is 19.3 Å². The third-order valence-electron chi connectivity index (χ3n) is 4.04. The van der Waals surface area contributed by atoms with Gasteiger partial charge in [-0.1, -0.05) is 13.3 Å². The zero-order valence-corrected chi connectivity index (χ0v) is 12.1. The molecule has 0 bridgehead atoms. The molecule has 0 spiro atoms. The highest BCUT2D eigenvalue weighted by Gasteiger charge is 2.41. The van der Waals surface area contributed by atoms with Crippen LogP contribution in [0.4, 0.5) is 0 Å². The van der Waals surface area contributed by atoms with E-state index < -0.39 is 11.5 Å². The first-order valence-corrected chi connectivity index (χ1v) is 7.23. The van der Waals surface area contributed by atoms with Crippen molar-refractivity contribution in [2.45, 2.75) is 38.8 Å². The van der Waals surface area contributed by atoms with E-state index in [1.54, 1.807) is 6.07 Å². The molecule has 2 heterocycles. The summed E-state index contributed by atoms with van der Waals surface area (Å²) in [4.78, 5) is 2.22. The minimum Gasteiger partial charge on any atom is -0.448 e. The van der Waals surface area contributed by atoms with Gasteiger partial charge in [-0.05, 0) is 36.6 Å². The van der Waals surface area contributed by atoms with Gasteiger partial charge in [0.2, 0.25) is 0 Å². The second-order valence-electron chi connectivity index (χ2n) is 5.49. The van der Waals surface area contributed by atoms with E-state index >= 15 is 0 Å². The van der Waals surface area contributed by atoms with Crippen LogP contribution in [0.1, 0.15) is 31.9 Å². The van der Waals surface area contributed by atoms with Gasteiger partial charge in [0, 0.05) is 18.5 Å². The average Bonchev–Trinajstić information content (AvgIpc) is 2.79. The fraction of sp³-hybridized carbons (Fsp3) is 0.714. The van der Waals surface area contributed by atoms with Gasteiger partial charge in [0.25, 0.3) is 0 Å². The van der Waals surface area contributed by atoms with E-state index in [-0.39, 0.29) is 6.61 Å². The Morgan fingerprint density at radius 1 is 1.53 bits per heavy atom. The van der Waals surface area contributed by atoms with Crippen molar-refractivity contribution in [3.63, 3.8) is 0 Å². The zero-order valence-electron chi connectivity index (χ0n) is 11.3. The molecule has 2 N–H and O–H groups in total. The van der Waals surface area contributed by atoms with Crippen LogP contribution in [-0.4, -0.2) is 40.9 Å². The second kappa shape index (κ2) is 6.27. The smallest absolute Gasteiger partial charge is 0.193 e. The zero-order chi connectivity index (χ0) is 13.9. The summed E-state index contributed by atoms with van der Waals surface area (Å²) in [6.45, 7) is 4.28. The molecule has 5 heteroatoms. The first-order valence-electron chi connectivity index (χ1n) is 6.85. The largest absolute Gasteiger partial charge is 0.448 e. The van der Waals surface area contributed by atoms with Crippen LogP contribution in [0.2, 0.25) is 5.22 Å². The Kier molecular flexibility index (Phi) is 4.90. The molecule has 1 fully saturated rings. The van der Waals surface area contributed by atoms with Crippen LogP contribution in [0.5, 0.6) is 0 Å². The Bertz CT molecular complexity index is 409. The number of hydrogen-bond donors (Lipinski definition) is 2. The van der Waals surface area contributed by atoms with Gasteiger partial charge in [0.1, 0.15) is 5.76 Å². The summed E-state index contributed by atoms with van der Waals surface area (Å²) in [5.41, 5.74) is -0.399. The Balaban J connectivity index is 2.03. The Hall–Kier alpha value is -0.550. The van der Waals surface area contributed by atoms with E-state index in [1.165, 1.54) is 0 Å². The normalized spacial score (nSPS) is 28.7. The molecule has 0 unspecified atom stereocenters. The molecular weight excluding hydrogens is 266 g/mol. The molecule has 1 saturated heterocycles. The number of hydrogen-bond acceptors (Lipinski definition) is 4. The van der Waals surface area contributed by atoms with Crippen LogP contribution in [0.3, 0.4) is 0 Å². The molecule has 0 radical (unpaired) electrons. The van der Waals surface area contributed by atoms with E-state index in [1.807, 2.05) is 6.07 Å². The summed E-state index contributed by atoms with van der Waals surface area (Å²) in [5.74, 6) is 0.824. The molecule has 0 amide bonds. The van der Waals surface area contributed by atoms with Gasteiger partial charge >= 0.3 is 0 Å². The molecule has 108 valence electrons. The van der Waals surface area contributed by atoms with Crippen LogP contribution in [-0.2, 0) is 6.54 Å². The lowest BCUT2D eigenvalue weighted by Gasteiger charge is -2.45. The molecule has 1 aromatic rings. The van der Waals surface area contributed by atoms with Gasteiger partial charge in [-0.25, -0.2) is 0 Å². The molecule has 0 aliphatic carbocycles. The number of halogens is 1. The van der Waals surface area contributed by atoms with Gasteiger partial charge in [0.15, 0.2) is 5.22 Å². The minimum atomic E-state index is -0.422. The number of aliphatic hydroxyl groups excluding tert-OH is 2. The van der Waals surface area contributed by atoms with Gasteiger partial charge < -0.3 is 14.6 Å². The summed E-state index contributed by atoms with van der Waals surface area (Å²) in [6.07, 6.45) is 2.06. The molecular formula is C14H22ClNO3. The lowest BCUT2D eigenvalue weighted by atomic mass is 9.74. The van der Waals surface area contributed by atoms with Crippen LogP contribution in [0.25, 0.3) is 0 Å². The summed E-state index contributed by atoms with van der Waals surface area (Å²) in [7, 11) is 0. The first kappa shape index (κ1) is 14.9. The number of nitrogens with zero attached hydrogens (tertiary/aromatic N) is 1. The van der Waals surface area contributed by atoms with E-state index in [4.69, 9.17) is 16.0 Å². The molecule has 0 aromatic carbocycles. The van der Waals surface area contributed by atoms with Crippen molar-refractivity contribution < 1.29 is 14.6 Å². The molecule has 1 aliphatic rings. The highest BCUT2D eigenvalue weighted by Crippen LogP contribution is 2.35. The minimum absolute atomic E-state index is 0.0252. The monoisotopic (exact) mass is 287 g/mol. The highest BCUT2D eigenvalue weighted by molar-refractivity contribution is 6.28. The number of furan rings is 1. The van der Waals surface area contributed by atoms with Crippen LogP contribution >= 0.6 is 11.6 Å². The summed E-state index contributed by atoms with van der Waals surface area (Å²) >= 11 is 5.77. The maximum atomic E-state index is 10.2. The fourth-order valence-corrected chi connectivity index (χ4v) is 3.17. The quantitative estimate of drug-likeness (QED) is 0.872. The second-order valence-corrected chi connectivity index (χ2v) is 5.86. The predicted octanol–water partition coefficient (Wildman–Crippen LogP) is 2.28. The fourth-order valence-electron chi connectivity index (χ4n) is 3.01. The van der Waals surface area contributed by atoms with Crippen LogP contribution in [0.15, 0.2) is 16.5 Å². The first-order chi connectivity index (χ1) is 9.09. The highest BCUT2D eigenvalue weighted by atomic mass is 35.5. The predicted molar refractivity (Wildman–Crippen MR) is 74.0 cm³/mol. The molecule has 2 atom stereocenters. The summed E-state index contributed by atoms with van der Waals surface area (Å²) in [5, 5.41) is 20.3. The lowest BCUT2D eigenvalue weighted by molar-refractivity contribution is -0.0830. The third-order valence-corrected chi connectivity index (χ3v) is 4.24. The summed E-state index contributed by atoms with van der Waals surface area (Å²) in [6, 6.07) is 3.61.